The first-order valence-corrected chi connectivity index (χ1v) is 6.62. The molecular formula is C13H16ClF3N2. The molecule has 1 aliphatic rings. The van der Waals surface area contributed by atoms with Crippen LogP contribution in [0.4, 0.5) is 18.9 Å². The lowest BCUT2D eigenvalue weighted by molar-refractivity contribution is -0.147. The second kappa shape index (κ2) is 6.01. The van der Waals surface area contributed by atoms with Crippen molar-refractivity contribution >= 4 is 17.3 Å². The van der Waals surface area contributed by atoms with Crippen molar-refractivity contribution in [1.82, 2.24) is 4.90 Å². The first-order chi connectivity index (χ1) is 8.94. The minimum atomic E-state index is -4.11. The van der Waals surface area contributed by atoms with E-state index >= 15 is 0 Å². The number of likely N-dealkylation sites (tertiary alicyclic amines) is 1. The van der Waals surface area contributed by atoms with Gasteiger partial charge in [-0.3, -0.25) is 4.90 Å². The Morgan fingerprint density at radius 2 is 1.84 bits per heavy atom. The summed E-state index contributed by atoms with van der Waals surface area (Å²) in [6.45, 7) is 0.106. The summed E-state index contributed by atoms with van der Waals surface area (Å²) >= 11 is 6.04. The Morgan fingerprint density at radius 1 is 1.21 bits per heavy atom. The summed E-state index contributed by atoms with van der Waals surface area (Å²) in [7, 11) is 0. The molecule has 1 saturated heterocycles. The quantitative estimate of drug-likeness (QED) is 0.912. The Hall–Kier alpha value is -0.940. The van der Waals surface area contributed by atoms with E-state index in [1.54, 1.807) is 6.07 Å². The van der Waals surface area contributed by atoms with Crippen molar-refractivity contribution in [2.45, 2.75) is 25.1 Å². The summed E-state index contributed by atoms with van der Waals surface area (Å²) in [5.74, 6) is 0. The van der Waals surface area contributed by atoms with Crippen molar-refractivity contribution in [2.24, 2.45) is 0 Å². The Kier molecular flexibility index (Phi) is 4.58. The first-order valence-electron chi connectivity index (χ1n) is 6.24. The summed E-state index contributed by atoms with van der Waals surface area (Å²) in [6.07, 6.45) is -2.72. The van der Waals surface area contributed by atoms with Crippen LogP contribution in [0.2, 0.25) is 5.02 Å². The molecule has 0 aromatic heterocycles. The fourth-order valence-electron chi connectivity index (χ4n) is 2.29. The highest BCUT2D eigenvalue weighted by Gasteiger charge is 2.32. The summed E-state index contributed by atoms with van der Waals surface area (Å²) in [5, 5.41) is 3.93. The highest BCUT2D eigenvalue weighted by Crippen LogP contribution is 2.25. The molecule has 0 atom stereocenters. The Bertz CT molecular complexity index is 415. The topological polar surface area (TPSA) is 15.3 Å². The van der Waals surface area contributed by atoms with E-state index < -0.39 is 12.7 Å². The molecule has 0 bridgehead atoms. The highest BCUT2D eigenvalue weighted by molar-refractivity contribution is 6.33. The number of nitrogens with zero attached hydrogens (tertiary/aromatic N) is 1. The average molecular weight is 293 g/mol. The number of anilines is 1. The van der Waals surface area contributed by atoms with Crippen LogP contribution >= 0.6 is 11.6 Å². The predicted octanol–water partition coefficient (Wildman–Crippen LogP) is 3.78. The molecule has 1 aliphatic heterocycles. The van der Waals surface area contributed by atoms with Gasteiger partial charge in [-0.15, -0.1) is 0 Å². The molecule has 0 spiro atoms. The van der Waals surface area contributed by atoms with Crippen LogP contribution in [0.5, 0.6) is 0 Å². The standard InChI is InChI=1S/C13H16ClF3N2/c14-11-3-1-2-4-12(11)18-10-5-7-19(8-6-10)9-13(15,16)17/h1-4,10,18H,5-9H2. The van der Waals surface area contributed by atoms with E-state index in [1.807, 2.05) is 18.2 Å². The van der Waals surface area contributed by atoms with E-state index in [0.29, 0.717) is 31.0 Å². The number of benzene rings is 1. The van der Waals surface area contributed by atoms with E-state index in [2.05, 4.69) is 5.32 Å². The van der Waals surface area contributed by atoms with Gasteiger partial charge in [-0.2, -0.15) is 13.2 Å². The Balaban J connectivity index is 1.82. The van der Waals surface area contributed by atoms with Crippen LogP contribution in [0.15, 0.2) is 24.3 Å². The molecule has 6 heteroatoms. The second-order valence-electron chi connectivity index (χ2n) is 4.79. The largest absolute Gasteiger partial charge is 0.401 e. The minimum absolute atomic E-state index is 0.185. The maximum Gasteiger partial charge on any atom is 0.401 e. The van der Waals surface area contributed by atoms with Gasteiger partial charge in [-0.05, 0) is 25.0 Å². The molecule has 1 N–H and O–H groups in total. The second-order valence-corrected chi connectivity index (χ2v) is 5.20. The molecule has 1 fully saturated rings. The molecule has 1 aromatic rings. The zero-order chi connectivity index (χ0) is 13.9. The van der Waals surface area contributed by atoms with Crippen LogP contribution in [0, 0.1) is 0 Å². The summed E-state index contributed by atoms with van der Waals surface area (Å²) in [4.78, 5) is 1.45. The van der Waals surface area contributed by atoms with Gasteiger partial charge in [-0.1, -0.05) is 23.7 Å². The van der Waals surface area contributed by atoms with E-state index in [9.17, 15) is 13.2 Å². The maximum absolute atomic E-state index is 12.3. The first kappa shape index (κ1) is 14.5. The van der Waals surface area contributed by atoms with Crippen LogP contribution < -0.4 is 5.32 Å². The molecule has 106 valence electrons. The zero-order valence-corrected chi connectivity index (χ0v) is 11.1. The van der Waals surface area contributed by atoms with Gasteiger partial charge >= 0.3 is 6.18 Å². The monoisotopic (exact) mass is 292 g/mol. The van der Waals surface area contributed by atoms with Crippen LogP contribution in [-0.2, 0) is 0 Å². The fourth-order valence-corrected chi connectivity index (χ4v) is 2.48. The maximum atomic E-state index is 12.3. The number of halogens is 4. The van der Waals surface area contributed by atoms with Gasteiger partial charge < -0.3 is 5.32 Å². The molecule has 0 unspecified atom stereocenters. The lowest BCUT2D eigenvalue weighted by atomic mass is 10.0. The van der Waals surface area contributed by atoms with Crippen molar-refractivity contribution < 1.29 is 13.2 Å². The number of nitrogens with one attached hydrogen (secondary N) is 1. The van der Waals surface area contributed by atoms with E-state index in [-0.39, 0.29) is 6.04 Å². The smallest absolute Gasteiger partial charge is 0.381 e. The normalized spacial score (nSPS) is 18.5. The third-order valence-electron chi connectivity index (χ3n) is 3.22. The van der Waals surface area contributed by atoms with Crippen LogP contribution in [0.3, 0.4) is 0 Å². The van der Waals surface area contributed by atoms with Crippen molar-refractivity contribution in [3.05, 3.63) is 29.3 Å². The molecule has 1 heterocycles. The predicted molar refractivity (Wildman–Crippen MR) is 70.6 cm³/mol. The molecule has 1 aromatic carbocycles. The molecule has 19 heavy (non-hydrogen) atoms. The lowest BCUT2D eigenvalue weighted by Gasteiger charge is -2.33. The van der Waals surface area contributed by atoms with Gasteiger partial charge in [0.05, 0.1) is 17.3 Å². The van der Waals surface area contributed by atoms with Crippen LogP contribution in [0.25, 0.3) is 0 Å². The van der Waals surface area contributed by atoms with Crippen molar-refractivity contribution in [2.75, 3.05) is 25.0 Å². The van der Waals surface area contributed by atoms with E-state index in [1.165, 1.54) is 4.90 Å². The van der Waals surface area contributed by atoms with Gasteiger partial charge in [0.15, 0.2) is 0 Å². The summed E-state index contributed by atoms with van der Waals surface area (Å²) < 4.78 is 36.8. The number of hydrogen-bond acceptors (Lipinski definition) is 2. The number of hydrogen-bond donors (Lipinski definition) is 1. The number of alkyl halides is 3. The van der Waals surface area contributed by atoms with Gasteiger partial charge in [-0.25, -0.2) is 0 Å². The fraction of sp³-hybridized carbons (Fsp3) is 0.538. The number of rotatable bonds is 3. The third-order valence-corrected chi connectivity index (χ3v) is 3.55. The van der Waals surface area contributed by atoms with E-state index in [4.69, 9.17) is 11.6 Å². The zero-order valence-electron chi connectivity index (χ0n) is 10.4. The van der Waals surface area contributed by atoms with Crippen molar-refractivity contribution in [1.29, 1.82) is 0 Å². The highest BCUT2D eigenvalue weighted by atomic mass is 35.5. The van der Waals surface area contributed by atoms with Crippen molar-refractivity contribution in [3.8, 4) is 0 Å². The molecule has 0 amide bonds. The molecule has 0 saturated carbocycles. The molecule has 0 radical (unpaired) electrons. The molecule has 0 aliphatic carbocycles. The molecule has 2 nitrogen and oxygen atoms in total. The molecular weight excluding hydrogens is 277 g/mol. The van der Waals surface area contributed by atoms with Gasteiger partial charge in [0.1, 0.15) is 0 Å². The minimum Gasteiger partial charge on any atom is -0.381 e. The lowest BCUT2D eigenvalue weighted by Crippen LogP contribution is -2.43. The Labute approximate surface area is 115 Å². The Morgan fingerprint density at radius 3 is 2.42 bits per heavy atom. The van der Waals surface area contributed by atoms with E-state index in [0.717, 1.165) is 5.69 Å². The SMILES string of the molecule is FC(F)(F)CN1CCC(Nc2ccccc2Cl)CC1. The number of piperidine rings is 1. The molecule has 2 rings (SSSR count). The van der Waals surface area contributed by atoms with Crippen molar-refractivity contribution in [3.63, 3.8) is 0 Å². The van der Waals surface area contributed by atoms with Crippen LogP contribution in [-0.4, -0.2) is 36.8 Å². The summed E-state index contributed by atoms with van der Waals surface area (Å²) in [6, 6.07) is 7.59. The van der Waals surface area contributed by atoms with Gasteiger partial charge in [0, 0.05) is 19.1 Å². The summed E-state index contributed by atoms with van der Waals surface area (Å²) in [5.41, 5.74) is 0.846. The van der Waals surface area contributed by atoms with Crippen LogP contribution in [0.1, 0.15) is 12.8 Å². The third kappa shape index (κ3) is 4.58. The number of para-hydroxylation sites is 1. The van der Waals surface area contributed by atoms with Gasteiger partial charge in [0.25, 0.3) is 0 Å². The average Bonchev–Trinajstić information content (AvgIpc) is 2.33. The van der Waals surface area contributed by atoms with Gasteiger partial charge in [0.2, 0.25) is 0 Å².